The molecule has 5 rings (SSSR count). The number of pyridine rings is 1. The SMILES string of the molecule is O=C(O)c1c(Nc2c(S(=O)(=O)C3CNCCO3)cnc3ccc(Cl)cc23)cccc1-c1ncco1. The van der Waals surface area contributed by atoms with Gasteiger partial charge in [0.25, 0.3) is 0 Å². The number of hydrogen-bond donors (Lipinski definition) is 3. The first-order valence-electron chi connectivity index (χ1n) is 10.5. The monoisotopic (exact) mass is 514 g/mol. The van der Waals surface area contributed by atoms with Crippen LogP contribution in [0.3, 0.4) is 0 Å². The topological polar surface area (TPSA) is 144 Å². The Bertz CT molecular complexity index is 1520. The van der Waals surface area contributed by atoms with Gasteiger partial charge in [-0.25, -0.2) is 18.2 Å². The Hall–Kier alpha value is -3.51. The van der Waals surface area contributed by atoms with E-state index in [1.165, 1.54) is 24.7 Å². The Kier molecular flexibility index (Phi) is 6.15. The number of aromatic carboxylic acids is 1. The quantitative estimate of drug-likeness (QED) is 0.348. The lowest BCUT2D eigenvalue weighted by atomic mass is 10.0. The predicted octanol–water partition coefficient (Wildman–Crippen LogP) is 3.70. The van der Waals surface area contributed by atoms with Crippen molar-refractivity contribution in [2.75, 3.05) is 25.0 Å². The van der Waals surface area contributed by atoms with E-state index in [0.29, 0.717) is 22.5 Å². The first-order valence-corrected chi connectivity index (χ1v) is 12.5. The summed E-state index contributed by atoms with van der Waals surface area (Å²) in [6.07, 6.45) is 3.98. The molecule has 0 radical (unpaired) electrons. The molecular formula is C23H19ClN4O6S. The van der Waals surface area contributed by atoms with Crippen molar-refractivity contribution in [2.45, 2.75) is 10.3 Å². The maximum Gasteiger partial charge on any atom is 0.338 e. The molecule has 0 amide bonds. The normalized spacial score (nSPS) is 16.3. The molecule has 10 nitrogen and oxygen atoms in total. The third kappa shape index (κ3) is 4.34. The number of carboxylic acid groups (broad SMARTS) is 1. The largest absolute Gasteiger partial charge is 0.478 e. The summed E-state index contributed by atoms with van der Waals surface area (Å²) in [5, 5.41) is 16.8. The van der Waals surface area contributed by atoms with Crippen molar-refractivity contribution >= 4 is 49.7 Å². The summed E-state index contributed by atoms with van der Waals surface area (Å²) in [5.74, 6) is -1.13. The van der Waals surface area contributed by atoms with Crippen molar-refractivity contribution in [2.24, 2.45) is 0 Å². The number of nitrogens with zero attached hydrogens (tertiary/aromatic N) is 2. The van der Waals surface area contributed by atoms with Crippen LogP contribution in [-0.2, 0) is 14.6 Å². The standard InChI is InChI=1S/C23H19ClN4O6S/c24-13-4-5-16-15(10-13)21(18(11-27-16)35(31,32)19-12-25-6-8-33-19)28-17-3-1-2-14(20(17)23(29)30)22-26-7-9-34-22/h1-5,7,9-11,19,25H,6,8,12H2,(H,27,28)(H,29,30). The maximum atomic E-state index is 13.6. The minimum Gasteiger partial charge on any atom is -0.478 e. The fraction of sp³-hybridized carbons (Fsp3) is 0.174. The molecule has 2 aromatic heterocycles. The number of ether oxygens (including phenoxy) is 1. The first kappa shape index (κ1) is 23.2. The van der Waals surface area contributed by atoms with Gasteiger partial charge in [-0.2, -0.15) is 0 Å². The molecular weight excluding hydrogens is 496 g/mol. The molecule has 1 fully saturated rings. The average molecular weight is 515 g/mol. The number of sulfone groups is 1. The summed E-state index contributed by atoms with van der Waals surface area (Å²) in [7, 11) is -4.03. The van der Waals surface area contributed by atoms with Crippen molar-refractivity contribution in [1.29, 1.82) is 0 Å². The summed E-state index contributed by atoms with van der Waals surface area (Å²) in [6, 6.07) is 9.56. The van der Waals surface area contributed by atoms with E-state index in [4.69, 9.17) is 20.8 Å². The molecule has 1 atom stereocenters. The molecule has 0 saturated carbocycles. The lowest BCUT2D eigenvalue weighted by molar-refractivity contribution is 0.0698. The lowest BCUT2D eigenvalue weighted by Gasteiger charge is -2.25. The van der Waals surface area contributed by atoms with Crippen LogP contribution in [0.2, 0.25) is 5.02 Å². The maximum absolute atomic E-state index is 13.6. The van der Waals surface area contributed by atoms with Gasteiger partial charge in [0.15, 0.2) is 5.44 Å². The minimum atomic E-state index is -4.03. The molecule has 0 aliphatic carbocycles. The second-order valence-corrected chi connectivity index (χ2v) is 10.2. The smallest absolute Gasteiger partial charge is 0.338 e. The van der Waals surface area contributed by atoms with E-state index in [0.717, 1.165) is 0 Å². The number of rotatable bonds is 6. The Morgan fingerprint density at radius 3 is 2.80 bits per heavy atom. The van der Waals surface area contributed by atoms with Gasteiger partial charge in [-0.05, 0) is 30.3 Å². The van der Waals surface area contributed by atoms with Crippen LogP contribution in [-0.4, -0.2) is 54.6 Å². The number of nitrogens with one attached hydrogen (secondary N) is 2. The van der Waals surface area contributed by atoms with E-state index < -0.39 is 21.2 Å². The van der Waals surface area contributed by atoms with Crippen LogP contribution < -0.4 is 10.6 Å². The van der Waals surface area contributed by atoms with E-state index in [9.17, 15) is 18.3 Å². The summed E-state index contributed by atoms with van der Waals surface area (Å²) in [6.45, 7) is 0.883. The van der Waals surface area contributed by atoms with E-state index in [1.54, 1.807) is 30.3 Å². The number of halogens is 1. The van der Waals surface area contributed by atoms with Crippen molar-refractivity contribution in [1.82, 2.24) is 15.3 Å². The highest BCUT2D eigenvalue weighted by Crippen LogP contribution is 2.38. The number of hydrogen-bond acceptors (Lipinski definition) is 9. The Labute approximate surface area is 204 Å². The number of morpholine rings is 1. The van der Waals surface area contributed by atoms with Crippen molar-refractivity contribution in [3.8, 4) is 11.5 Å². The highest BCUT2D eigenvalue weighted by Gasteiger charge is 2.34. The van der Waals surface area contributed by atoms with E-state index in [-0.39, 0.29) is 46.4 Å². The first-order chi connectivity index (χ1) is 16.9. The molecule has 3 N–H and O–H groups in total. The van der Waals surface area contributed by atoms with Crippen LogP contribution in [0, 0.1) is 0 Å². The molecule has 0 spiro atoms. The van der Waals surface area contributed by atoms with Crippen molar-refractivity contribution < 1.29 is 27.5 Å². The summed E-state index contributed by atoms with van der Waals surface area (Å²) in [4.78, 5) is 20.5. The fourth-order valence-corrected chi connectivity index (χ4v) is 5.64. The molecule has 12 heteroatoms. The van der Waals surface area contributed by atoms with Crippen LogP contribution >= 0.6 is 11.6 Å². The Balaban J connectivity index is 1.72. The van der Waals surface area contributed by atoms with E-state index in [1.807, 2.05) is 0 Å². The second kappa shape index (κ2) is 9.27. The van der Waals surface area contributed by atoms with E-state index in [2.05, 4.69) is 20.6 Å². The van der Waals surface area contributed by atoms with Gasteiger partial charge in [-0.1, -0.05) is 17.7 Å². The lowest BCUT2D eigenvalue weighted by Crippen LogP contribution is -2.43. The molecule has 1 aliphatic heterocycles. The number of anilines is 2. The Morgan fingerprint density at radius 2 is 2.09 bits per heavy atom. The van der Waals surface area contributed by atoms with Gasteiger partial charge in [0.2, 0.25) is 15.7 Å². The summed E-state index contributed by atoms with van der Waals surface area (Å²) < 4.78 is 38.0. The van der Waals surface area contributed by atoms with Crippen molar-refractivity contribution in [3.63, 3.8) is 0 Å². The molecule has 1 unspecified atom stereocenters. The van der Waals surface area contributed by atoms with Gasteiger partial charge in [-0.15, -0.1) is 0 Å². The minimum absolute atomic E-state index is 0.107. The van der Waals surface area contributed by atoms with Gasteiger partial charge >= 0.3 is 5.97 Å². The summed E-state index contributed by atoms with van der Waals surface area (Å²) in [5.41, 5.74) is -0.292. The molecule has 2 aromatic carbocycles. The Morgan fingerprint density at radius 1 is 1.23 bits per heavy atom. The molecule has 4 aromatic rings. The zero-order chi connectivity index (χ0) is 24.6. The van der Waals surface area contributed by atoms with Crippen LogP contribution in [0.5, 0.6) is 0 Å². The molecule has 35 heavy (non-hydrogen) atoms. The van der Waals surface area contributed by atoms with E-state index >= 15 is 0 Å². The van der Waals surface area contributed by atoms with Gasteiger partial charge in [0.05, 0.1) is 40.8 Å². The third-order valence-corrected chi connectivity index (χ3v) is 7.69. The number of benzene rings is 2. The van der Waals surface area contributed by atoms with Crippen LogP contribution in [0.15, 0.2) is 64.4 Å². The molecule has 3 heterocycles. The fourth-order valence-electron chi connectivity index (χ4n) is 3.93. The average Bonchev–Trinajstić information content (AvgIpc) is 3.39. The number of carboxylic acids is 1. The molecule has 1 aliphatic rings. The van der Waals surface area contributed by atoms with Crippen molar-refractivity contribution in [3.05, 3.63) is 65.6 Å². The highest BCUT2D eigenvalue weighted by atomic mass is 35.5. The molecule has 1 saturated heterocycles. The predicted molar refractivity (Wildman–Crippen MR) is 129 cm³/mol. The number of fused-ring (bicyclic) bond motifs is 1. The third-order valence-electron chi connectivity index (χ3n) is 5.54. The number of aromatic nitrogens is 2. The second-order valence-electron chi connectivity index (χ2n) is 7.70. The van der Waals surface area contributed by atoms with Gasteiger partial charge in [0, 0.05) is 29.7 Å². The zero-order valence-electron chi connectivity index (χ0n) is 18.1. The van der Waals surface area contributed by atoms with Gasteiger partial charge in [0.1, 0.15) is 11.2 Å². The van der Waals surface area contributed by atoms with Gasteiger partial charge in [-0.3, -0.25) is 4.98 Å². The number of oxazole rings is 1. The van der Waals surface area contributed by atoms with Gasteiger partial charge < -0.3 is 24.9 Å². The molecule has 180 valence electrons. The highest BCUT2D eigenvalue weighted by molar-refractivity contribution is 7.92. The number of carbonyl (C=O) groups is 1. The zero-order valence-corrected chi connectivity index (χ0v) is 19.6. The summed E-state index contributed by atoms with van der Waals surface area (Å²) >= 11 is 6.23. The van der Waals surface area contributed by atoms with Crippen LogP contribution in [0.4, 0.5) is 11.4 Å². The molecule has 0 bridgehead atoms. The van der Waals surface area contributed by atoms with Crippen LogP contribution in [0.1, 0.15) is 10.4 Å². The van der Waals surface area contributed by atoms with Crippen LogP contribution in [0.25, 0.3) is 22.4 Å².